The van der Waals surface area contributed by atoms with E-state index < -0.39 is 5.76 Å². The van der Waals surface area contributed by atoms with Crippen molar-refractivity contribution in [1.82, 2.24) is 25.1 Å². The second kappa shape index (κ2) is 4.45. The lowest BCUT2D eigenvalue weighted by molar-refractivity contribution is 0.387. The van der Waals surface area contributed by atoms with Gasteiger partial charge in [0.2, 0.25) is 5.82 Å². The molecule has 7 heteroatoms. The summed E-state index contributed by atoms with van der Waals surface area (Å²) in [6.45, 7) is 1.95. The van der Waals surface area contributed by atoms with Crippen LogP contribution < -0.4 is 5.76 Å². The molecule has 7 nitrogen and oxygen atoms in total. The van der Waals surface area contributed by atoms with Gasteiger partial charge in [-0.2, -0.15) is 0 Å². The highest BCUT2D eigenvalue weighted by atomic mass is 16.5. The minimum Gasteiger partial charge on any atom is -0.296 e. The fourth-order valence-electron chi connectivity index (χ4n) is 1.68. The summed E-state index contributed by atoms with van der Waals surface area (Å²) in [7, 11) is 0. The van der Waals surface area contributed by atoms with Gasteiger partial charge in [-0.15, -0.1) is 0 Å². The molecule has 3 aromatic heterocycles. The molecular weight excluding hydrogens is 246 g/mol. The number of nitrogens with zero attached hydrogens (tertiary/aromatic N) is 4. The first-order chi connectivity index (χ1) is 9.22. The zero-order valence-corrected chi connectivity index (χ0v) is 9.99. The van der Waals surface area contributed by atoms with Gasteiger partial charge < -0.3 is 0 Å². The van der Waals surface area contributed by atoms with Crippen LogP contribution in [0.4, 0.5) is 0 Å². The molecule has 1 N–H and O–H groups in total. The number of hydrogen-bond donors (Lipinski definition) is 1. The standard InChI is InChI=1S/C12H9N5O2/c1-7-2-8(5-13-4-7)9-3-10(15-6-14-9)11-16-12(18)19-17-11/h2-6H,1H3,(H,16,17,18). The Morgan fingerprint density at radius 3 is 2.74 bits per heavy atom. The molecule has 0 atom stereocenters. The lowest BCUT2D eigenvalue weighted by Crippen LogP contribution is -1.96. The number of aryl methyl sites for hydroxylation is 1. The molecule has 0 aliphatic carbocycles. The summed E-state index contributed by atoms with van der Waals surface area (Å²) in [5.74, 6) is -0.346. The molecule has 0 aliphatic heterocycles. The van der Waals surface area contributed by atoms with Gasteiger partial charge in [0.1, 0.15) is 12.0 Å². The average Bonchev–Trinajstić information content (AvgIpc) is 2.86. The van der Waals surface area contributed by atoms with Gasteiger partial charge in [-0.05, 0) is 24.6 Å². The van der Waals surface area contributed by atoms with Crippen LogP contribution in [-0.4, -0.2) is 25.1 Å². The van der Waals surface area contributed by atoms with E-state index in [0.29, 0.717) is 11.4 Å². The van der Waals surface area contributed by atoms with Gasteiger partial charge in [0.05, 0.1) is 5.69 Å². The maximum absolute atomic E-state index is 10.9. The molecule has 0 bridgehead atoms. The topological polar surface area (TPSA) is 97.6 Å². The Kier molecular flexibility index (Phi) is 2.64. The highest BCUT2D eigenvalue weighted by molar-refractivity contribution is 5.63. The summed E-state index contributed by atoms with van der Waals surface area (Å²) in [5, 5.41) is 3.59. The van der Waals surface area contributed by atoms with Gasteiger partial charge in [-0.3, -0.25) is 14.5 Å². The molecule has 0 spiro atoms. The molecule has 0 amide bonds. The molecule has 3 heterocycles. The zero-order chi connectivity index (χ0) is 13.2. The molecule has 0 aromatic carbocycles. The number of hydrogen-bond acceptors (Lipinski definition) is 6. The van der Waals surface area contributed by atoms with E-state index >= 15 is 0 Å². The lowest BCUT2D eigenvalue weighted by atomic mass is 10.1. The van der Waals surface area contributed by atoms with Crippen molar-refractivity contribution >= 4 is 0 Å². The van der Waals surface area contributed by atoms with Crippen LogP contribution >= 0.6 is 0 Å². The second-order valence-electron chi connectivity index (χ2n) is 3.98. The average molecular weight is 255 g/mol. The van der Waals surface area contributed by atoms with E-state index in [9.17, 15) is 4.79 Å². The van der Waals surface area contributed by atoms with Crippen molar-refractivity contribution < 1.29 is 4.52 Å². The molecular formula is C12H9N5O2. The fourth-order valence-corrected chi connectivity index (χ4v) is 1.68. The Morgan fingerprint density at radius 2 is 2.00 bits per heavy atom. The van der Waals surface area contributed by atoms with E-state index in [0.717, 1.165) is 11.1 Å². The number of rotatable bonds is 2. The van der Waals surface area contributed by atoms with Crippen LogP contribution in [-0.2, 0) is 0 Å². The van der Waals surface area contributed by atoms with E-state index in [2.05, 4.69) is 29.6 Å². The Bertz CT molecular complexity index is 777. The molecule has 0 aliphatic rings. The quantitative estimate of drug-likeness (QED) is 0.738. The predicted octanol–water partition coefficient (Wildman–Crippen LogP) is 1.19. The molecule has 0 saturated heterocycles. The van der Waals surface area contributed by atoms with Gasteiger partial charge in [0, 0.05) is 18.0 Å². The van der Waals surface area contributed by atoms with E-state index in [4.69, 9.17) is 0 Å². The Hall–Kier alpha value is -2.83. The number of nitrogens with one attached hydrogen (secondary N) is 1. The van der Waals surface area contributed by atoms with Crippen molar-refractivity contribution in [3.63, 3.8) is 0 Å². The van der Waals surface area contributed by atoms with Gasteiger partial charge in [0.25, 0.3) is 0 Å². The van der Waals surface area contributed by atoms with Gasteiger partial charge in [-0.25, -0.2) is 14.8 Å². The molecule has 0 radical (unpaired) electrons. The van der Waals surface area contributed by atoms with Crippen molar-refractivity contribution in [3.8, 4) is 22.8 Å². The summed E-state index contributed by atoms with van der Waals surface area (Å²) >= 11 is 0. The molecule has 0 fully saturated rings. The largest absolute Gasteiger partial charge is 0.439 e. The number of aromatic nitrogens is 5. The van der Waals surface area contributed by atoms with Crippen LogP contribution in [0.25, 0.3) is 22.8 Å². The van der Waals surface area contributed by atoms with E-state index in [1.165, 1.54) is 6.33 Å². The Balaban J connectivity index is 2.07. The van der Waals surface area contributed by atoms with Crippen LogP contribution in [0.2, 0.25) is 0 Å². The van der Waals surface area contributed by atoms with Gasteiger partial charge in [-0.1, -0.05) is 5.16 Å². The molecule has 94 valence electrons. The van der Waals surface area contributed by atoms with Gasteiger partial charge in [0.15, 0.2) is 0 Å². The normalized spacial score (nSPS) is 10.6. The first-order valence-electron chi connectivity index (χ1n) is 5.53. The monoisotopic (exact) mass is 255 g/mol. The van der Waals surface area contributed by atoms with Crippen LogP contribution in [0.1, 0.15) is 5.56 Å². The summed E-state index contributed by atoms with van der Waals surface area (Å²) in [6.07, 6.45) is 4.88. The summed E-state index contributed by atoms with van der Waals surface area (Å²) in [4.78, 5) is 25.7. The molecule has 0 unspecified atom stereocenters. The first kappa shape index (κ1) is 11.3. The van der Waals surface area contributed by atoms with Crippen molar-refractivity contribution in [2.24, 2.45) is 0 Å². The fraction of sp³-hybridized carbons (Fsp3) is 0.0833. The molecule has 3 aromatic rings. The number of H-pyrrole nitrogens is 1. The zero-order valence-electron chi connectivity index (χ0n) is 9.99. The summed E-state index contributed by atoms with van der Waals surface area (Å²) in [6, 6.07) is 3.68. The highest BCUT2D eigenvalue weighted by Gasteiger charge is 2.08. The first-order valence-corrected chi connectivity index (χ1v) is 5.53. The lowest BCUT2D eigenvalue weighted by Gasteiger charge is -2.02. The maximum Gasteiger partial charge on any atom is 0.439 e. The Labute approximate surface area is 107 Å². The van der Waals surface area contributed by atoms with Crippen molar-refractivity contribution in [3.05, 3.63) is 47.0 Å². The number of aromatic amines is 1. The van der Waals surface area contributed by atoms with Crippen LogP contribution in [0.15, 0.2) is 40.2 Å². The van der Waals surface area contributed by atoms with Crippen LogP contribution in [0.3, 0.4) is 0 Å². The van der Waals surface area contributed by atoms with E-state index in [1.54, 1.807) is 18.5 Å². The SMILES string of the molecule is Cc1cncc(-c2cc(-c3noc(=O)[nH]3)ncn2)c1. The van der Waals surface area contributed by atoms with Crippen molar-refractivity contribution in [2.75, 3.05) is 0 Å². The summed E-state index contributed by atoms with van der Waals surface area (Å²) < 4.78 is 4.45. The third kappa shape index (κ3) is 2.25. The predicted molar refractivity (Wildman–Crippen MR) is 66.1 cm³/mol. The minimum atomic E-state index is -0.618. The maximum atomic E-state index is 10.9. The van der Waals surface area contributed by atoms with Crippen molar-refractivity contribution in [2.45, 2.75) is 6.92 Å². The summed E-state index contributed by atoms with van der Waals surface area (Å²) in [5.41, 5.74) is 3.09. The third-order valence-corrected chi connectivity index (χ3v) is 2.52. The number of pyridine rings is 1. The van der Waals surface area contributed by atoms with E-state index in [-0.39, 0.29) is 5.82 Å². The minimum absolute atomic E-state index is 0.272. The Morgan fingerprint density at radius 1 is 1.16 bits per heavy atom. The second-order valence-corrected chi connectivity index (χ2v) is 3.98. The van der Waals surface area contributed by atoms with Crippen LogP contribution in [0, 0.1) is 6.92 Å². The highest BCUT2D eigenvalue weighted by Crippen LogP contribution is 2.19. The third-order valence-electron chi connectivity index (χ3n) is 2.52. The van der Waals surface area contributed by atoms with Crippen molar-refractivity contribution in [1.29, 1.82) is 0 Å². The van der Waals surface area contributed by atoms with Crippen LogP contribution in [0.5, 0.6) is 0 Å². The van der Waals surface area contributed by atoms with E-state index in [1.807, 2.05) is 13.0 Å². The smallest absolute Gasteiger partial charge is 0.296 e. The molecule has 0 saturated carbocycles. The molecule has 19 heavy (non-hydrogen) atoms. The van der Waals surface area contributed by atoms with Gasteiger partial charge >= 0.3 is 5.76 Å². The molecule has 3 rings (SSSR count).